The van der Waals surface area contributed by atoms with Crippen molar-refractivity contribution in [2.75, 3.05) is 23.4 Å². The summed E-state index contributed by atoms with van der Waals surface area (Å²) in [7, 11) is 0. The monoisotopic (exact) mass is 482 g/mol. The summed E-state index contributed by atoms with van der Waals surface area (Å²) in [5.41, 5.74) is 3.07. The van der Waals surface area contributed by atoms with Gasteiger partial charge in [0.05, 0.1) is 17.8 Å². The summed E-state index contributed by atoms with van der Waals surface area (Å²) in [6.45, 7) is 3.51. The third-order valence-corrected chi connectivity index (χ3v) is 5.51. The summed E-state index contributed by atoms with van der Waals surface area (Å²) in [5.74, 6) is -0.622. The molecule has 0 fully saturated rings. The Morgan fingerprint density at radius 2 is 1.56 bits per heavy atom. The zero-order chi connectivity index (χ0) is 25.5. The predicted molar refractivity (Wildman–Crippen MR) is 138 cm³/mol. The highest BCUT2D eigenvalue weighted by molar-refractivity contribution is 6.23. The SMILES string of the molecule is CCOC(=O)C1=C(C)N(c2ccccc2)C(=O)C1=Cc1ccc(OCC(=O)Nc2ccccc2)cc1. The van der Waals surface area contributed by atoms with Crippen molar-refractivity contribution < 1.29 is 23.9 Å². The molecule has 0 aliphatic carbocycles. The second-order valence-electron chi connectivity index (χ2n) is 7.99. The first kappa shape index (κ1) is 24.5. The standard InChI is InChI=1S/C29H26N2O5/c1-3-35-29(34)27-20(2)31(23-12-8-5-9-13-23)28(33)25(27)18-21-14-16-24(17-15-21)36-19-26(32)30-22-10-6-4-7-11-22/h4-18H,3,19H2,1-2H3,(H,30,32). The number of hydrogen-bond acceptors (Lipinski definition) is 5. The van der Waals surface area contributed by atoms with E-state index in [2.05, 4.69) is 5.32 Å². The number of anilines is 2. The second kappa shape index (κ2) is 11.2. The van der Waals surface area contributed by atoms with Crippen LogP contribution in [-0.2, 0) is 19.1 Å². The van der Waals surface area contributed by atoms with E-state index in [1.54, 1.807) is 56.3 Å². The van der Waals surface area contributed by atoms with Crippen molar-refractivity contribution in [3.05, 3.63) is 107 Å². The molecule has 1 aliphatic rings. The predicted octanol–water partition coefficient (Wildman–Crippen LogP) is 4.97. The van der Waals surface area contributed by atoms with Gasteiger partial charge in [0, 0.05) is 17.1 Å². The van der Waals surface area contributed by atoms with Crippen LogP contribution >= 0.6 is 0 Å². The lowest BCUT2D eigenvalue weighted by atomic mass is 10.0. The molecule has 2 amide bonds. The van der Waals surface area contributed by atoms with Crippen molar-refractivity contribution in [3.63, 3.8) is 0 Å². The average molecular weight is 483 g/mol. The molecule has 0 radical (unpaired) electrons. The topological polar surface area (TPSA) is 84.9 Å². The normalized spacial score (nSPS) is 14.2. The van der Waals surface area contributed by atoms with Crippen molar-refractivity contribution in [1.29, 1.82) is 0 Å². The number of ether oxygens (including phenoxy) is 2. The van der Waals surface area contributed by atoms with Crippen LogP contribution < -0.4 is 15.0 Å². The number of benzene rings is 3. The van der Waals surface area contributed by atoms with Crippen LogP contribution in [0.25, 0.3) is 6.08 Å². The van der Waals surface area contributed by atoms with Crippen LogP contribution in [0.2, 0.25) is 0 Å². The average Bonchev–Trinajstić information content (AvgIpc) is 3.13. The third kappa shape index (κ3) is 5.52. The lowest BCUT2D eigenvalue weighted by Gasteiger charge is -2.17. The van der Waals surface area contributed by atoms with E-state index < -0.39 is 5.97 Å². The Hall–Kier alpha value is -4.65. The summed E-state index contributed by atoms with van der Waals surface area (Å²) in [4.78, 5) is 39.8. The smallest absolute Gasteiger partial charge is 0.340 e. The zero-order valence-corrected chi connectivity index (χ0v) is 20.1. The maximum absolute atomic E-state index is 13.4. The van der Waals surface area contributed by atoms with Gasteiger partial charge in [-0.3, -0.25) is 14.5 Å². The Balaban J connectivity index is 1.51. The lowest BCUT2D eigenvalue weighted by molar-refractivity contribution is -0.138. The van der Waals surface area contributed by atoms with E-state index in [0.717, 1.165) is 0 Å². The molecule has 7 nitrogen and oxygen atoms in total. The molecule has 0 unspecified atom stereocenters. The summed E-state index contributed by atoms with van der Waals surface area (Å²) < 4.78 is 10.8. The molecule has 4 rings (SSSR count). The largest absolute Gasteiger partial charge is 0.484 e. The van der Waals surface area contributed by atoms with Gasteiger partial charge >= 0.3 is 5.97 Å². The van der Waals surface area contributed by atoms with Gasteiger partial charge in [-0.05, 0) is 61.9 Å². The number of carbonyl (C=O) groups is 3. The molecular weight excluding hydrogens is 456 g/mol. The highest BCUT2D eigenvalue weighted by Gasteiger charge is 2.37. The summed E-state index contributed by atoms with van der Waals surface area (Å²) in [6, 6.07) is 25.2. The molecule has 0 atom stereocenters. The molecular formula is C29H26N2O5. The fourth-order valence-corrected chi connectivity index (χ4v) is 3.86. The quantitative estimate of drug-likeness (QED) is 0.362. The van der Waals surface area contributed by atoms with E-state index >= 15 is 0 Å². The second-order valence-corrected chi connectivity index (χ2v) is 7.99. The molecule has 1 N–H and O–H groups in total. The minimum atomic E-state index is -0.544. The number of hydrogen-bond donors (Lipinski definition) is 1. The maximum atomic E-state index is 13.4. The van der Waals surface area contributed by atoms with Crippen LogP contribution in [0.15, 0.2) is 102 Å². The highest BCUT2D eigenvalue weighted by Crippen LogP contribution is 2.35. The van der Waals surface area contributed by atoms with Crippen molar-refractivity contribution in [2.24, 2.45) is 0 Å². The van der Waals surface area contributed by atoms with Crippen LogP contribution in [0.4, 0.5) is 11.4 Å². The van der Waals surface area contributed by atoms with Crippen LogP contribution in [0.3, 0.4) is 0 Å². The third-order valence-electron chi connectivity index (χ3n) is 5.51. The molecule has 1 aliphatic heterocycles. The number of nitrogens with zero attached hydrogens (tertiary/aromatic N) is 1. The van der Waals surface area contributed by atoms with Crippen LogP contribution in [0.5, 0.6) is 5.75 Å². The molecule has 0 aromatic heterocycles. The number of rotatable bonds is 8. The van der Waals surface area contributed by atoms with Crippen molar-refractivity contribution in [1.82, 2.24) is 0 Å². The van der Waals surface area contributed by atoms with Gasteiger partial charge in [-0.1, -0.05) is 48.5 Å². The maximum Gasteiger partial charge on any atom is 0.340 e. The summed E-state index contributed by atoms with van der Waals surface area (Å²) >= 11 is 0. The van der Waals surface area contributed by atoms with Gasteiger partial charge in [0.1, 0.15) is 5.75 Å². The van der Waals surface area contributed by atoms with Gasteiger partial charge in [-0.15, -0.1) is 0 Å². The summed E-state index contributed by atoms with van der Waals surface area (Å²) in [6.07, 6.45) is 1.66. The Bertz CT molecular complexity index is 1310. The number of nitrogens with one attached hydrogen (secondary N) is 1. The van der Waals surface area contributed by atoms with Gasteiger partial charge in [0.15, 0.2) is 6.61 Å². The minimum Gasteiger partial charge on any atom is -0.484 e. The Morgan fingerprint density at radius 3 is 2.19 bits per heavy atom. The van der Waals surface area contributed by atoms with Gasteiger partial charge in [0.2, 0.25) is 0 Å². The lowest BCUT2D eigenvalue weighted by Crippen LogP contribution is -2.24. The van der Waals surface area contributed by atoms with Crippen molar-refractivity contribution in [2.45, 2.75) is 13.8 Å². The van der Waals surface area contributed by atoms with Gasteiger partial charge < -0.3 is 14.8 Å². The Labute approximate surface area is 209 Å². The van der Waals surface area contributed by atoms with E-state index in [1.165, 1.54) is 4.90 Å². The van der Waals surface area contributed by atoms with Gasteiger partial charge in [-0.2, -0.15) is 0 Å². The first-order chi connectivity index (χ1) is 17.5. The van der Waals surface area contributed by atoms with Gasteiger partial charge in [-0.25, -0.2) is 4.79 Å². The first-order valence-electron chi connectivity index (χ1n) is 11.5. The zero-order valence-electron chi connectivity index (χ0n) is 20.1. The molecule has 7 heteroatoms. The molecule has 182 valence electrons. The van der Waals surface area contributed by atoms with Crippen molar-refractivity contribution >= 4 is 35.2 Å². The molecule has 3 aromatic rings. The Morgan fingerprint density at radius 1 is 0.917 bits per heavy atom. The fourth-order valence-electron chi connectivity index (χ4n) is 3.86. The van der Waals surface area contributed by atoms with E-state index in [4.69, 9.17) is 9.47 Å². The van der Waals surface area contributed by atoms with Crippen LogP contribution in [-0.4, -0.2) is 31.0 Å². The fraction of sp³-hybridized carbons (Fsp3) is 0.138. The summed E-state index contributed by atoms with van der Waals surface area (Å²) in [5, 5.41) is 2.76. The number of allylic oxidation sites excluding steroid dienone is 1. The minimum absolute atomic E-state index is 0.144. The van der Waals surface area contributed by atoms with Gasteiger partial charge in [0.25, 0.3) is 11.8 Å². The van der Waals surface area contributed by atoms with E-state index in [9.17, 15) is 14.4 Å². The first-order valence-corrected chi connectivity index (χ1v) is 11.5. The molecule has 0 bridgehead atoms. The molecule has 3 aromatic carbocycles. The molecule has 36 heavy (non-hydrogen) atoms. The molecule has 1 heterocycles. The number of esters is 1. The number of amides is 2. The Kier molecular flexibility index (Phi) is 7.60. The number of para-hydroxylation sites is 2. The molecule has 0 spiro atoms. The van der Waals surface area contributed by atoms with E-state index in [0.29, 0.717) is 28.4 Å². The molecule has 0 saturated heterocycles. The van der Waals surface area contributed by atoms with Crippen molar-refractivity contribution in [3.8, 4) is 5.75 Å². The number of carbonyl (C=O) groups excluding carboxylic acids is 3. The molecule has 0 saturated carbocycles. The van der Waals surface area contributed by atoms with E-state index in [1.807, 2.05) is 48.5 Å². The van der Waals surface area contributed by atoms with E-state index in [-0.39, 0.29) is 36.2 Å². The highest BCUT2D eigenvalue weighted by atomic mass is 16.5. The van der Waals surface area contributed by atoms with Crippen LogP contribution in [0, 0.1) is 0 Å². The van der Waals surface area contributed by atoms with Crippen LogP contribution in [0.1, 0.15) is 19.4 Å².